The molecule has 0 atom stereocenters. The summed E-state index contributed by atoms with van der Waals surface area (Å²) in [6.07, 6.45) is 3.61. The van der Waals surface area contributed by atoms with E-state index >= 15 is 0 Å². The molecule has 1 amide bonds. The molecule has 0 aliphatic heterocycles. The number of pyridine rings is 1. The summed E-state index contributed by atoms with van der Waals surface area (Å²) in [5, 5.41) is 3.68. The molecule has 0 unspecified atom stereocenters. The Balaban J connectivity index is 2.07. The normalized spacial score (nSPS) is 10.5. The lowest BCUT2D eigenvalue weighted by molar-refractivity contribution is 0.0946. The Morgan fingerprint density at radius 1 is 1.42 bits per heavy atom. The number of rotatable bonds is 4. The van der Waals surface area contributed by atoms with E-state index in [9.17, 15) is 4.79 Å². The maximum absolute atomic E-state index is 12.1. The second-order valence-corrected chi connectivity index (χ2v) is 5.06. The second kappa shape index (κ2) is 5.93. The van der Waals surface area contributed by atoms with Crippen molar-refractivity contribution in [1.29, 1.82) is 0 Å². The average molecular weight is 275 g/mol. The highest BCUT2D eigenvalue weighted by Gasteiger charge is 2.11. The molecule has 1 N–H and O–H groups in total. The van der Waals surface area contributed by atoms with E-state index in [1.165, 1.54) is 17.5 Å². The largest absolute Gasteiger partial charge is 0.350 e. The van der Waals surface area contributed by atoms with E-state index in [2.05, 4.69) is 14.9 Å². The van der Waals surface area contributed by atoms with Crippen LogP contribution >= 0.6 is 11.8 Å². The maximum Gasteiger partial charge on any atom is 0.254 e. The number of aromatic nitrogens is 2. The molecule has 0 saturated carbocycles. The third-order valence-electron chi connectivity index (χ3n) is 3.12. The standard InChI is InChI=1S/C14H17N3OS/c1-10-6-7-11(17(10)2)9-16-13(18)12-5-4-8-15-14(12)19-3/h4-8H,9H2,1-3H3,(H,16,18). The third-order valence-corrected chi connectivity index (χ3v) is 3.83. The highest BCUT2D eigenvalue weighted by Crippen LogP contribution is 2.16. The number of carbonyl (C=O) groups excluding carboxylic acids is 1. The molecule has 19 heavy (non-hydrogen) atoms. The number of amides is 1. The topological polar surface area (TPSA) is 46.9 Å². The lowest BCUT2D eigenvalue weighted by atomic mass is 10.2. The molecule has 4 nitrogen and oxygen atoms in total. The van der Waals surface area contributed by atoms with Gasteiger partial charge in [-0.25, -0.2) is 4.98 Å². The van der Waals surface area contributed by atoms with Crippen LogP contribution in [0.1, 0.15) is 21.7 Å². The lowest BCUT2D eigenvalue weighted by Crippen LogP contribution is -2.24. The molecule has 0 aliphatic carbocycles. The average Bonchev–Trinajstić information content (AvgIpc) is 2.76. The molecular formula is C14H17N3OS. The van der Waals surface area contributed by atoms with Crippen molar-refractivity contribution in [2.75, 3.05) is 6.26 Å². The first kappa shape index (κ1) is 13.7. The summed E-state index contributed by atoms with van der Waals surface area (Å²) in [5.74, 6) is -0.0868. The minimum Gasteiger partial charge on any atom is -0.350 e. The Kier molecular flexibility index (Phi) is 4.27. The van der Waals surface area contributed by atoms with Gasteiger partial charge in [0.05, 0.1) is 12.1 Å². The van der Waals surface area contributed by atoms with E-state index in [1.54, 1.807) is 18.3 Å². The van der Waals surface area contributed by atoms with Crippen molar-refractivity contribution < 1.29 is 4.79 Å². The number of nitrogens with one attached hydrogen (secondary N) is 1. The van der Waals surface area contributed by atoms with Crippen LogP contribution in [-0.2, 0) is 13.6 Å². The van der Waals surface area contributed by atoms with E-state index in [1.807, 2.05) is 32.4 Å². The summed E-state index contributed by atoms with van der Waals surface area (Å²) in [4.78, 5) is 16.3. The van der Waals surface area contributed by atoms with Gasteiger partial charge >= 0.3 is 0 Å². The van der Waals surface area contributed by atoms with E-state index in [0.29, 0.717) is 12.1 Å². The Hall–Kier alpha value is -1.75. The van der Waals surface area contributed by atoms with Crippen LogP contribution in [0.4, 0.5) is 0 Å². The van der Waals surface area contributed by atoms with E-state index < -0.39 is 0 Å². The molecule has 5 heteroatoms. The molecule has 0 fully saturated rings. The Labute approximate surface area is 117 Å². The van der Waals surface area contributed by atoms with Crippen molar-refractivity contribution in [2.24, 2.45) is 7.05 Å². The molecule has 100 valence electrons. The van der Waals surface area contributed by atoms with Crippen molar-refractivity contribution in [3.63, 3.8) is 0 Å². The van der Waals surface area contributed by atoms with Crippen molar-refractivity contribution >= 4 is 17.7 Å². The summed E-state index contributed by atoms with van der Waals surface area (Å²) in [6, 6.07) is 7.64. The van der Waals surface area contributed by atoms with Crippen LogP contribution in [0.3, 0.4) is 0 Å². The Morgan fingerprint density at radius 2 is 2.21 bits per heavy atom. The summed E-state index contributed by atoms with van der Waals surface area (Å²) < 4.78 is 2.07. The van der Waals surface area contributed by atoms with E-state index in [4.69, 9.17) is 0 Å². The SMILES string of the molecule is CSc1ncccc1C(=O)NCc1ccc(C)n1C. The first-order chi connectivity index (χ1) is 9.13. The van der Waals surface area contributed by atoms with Crippen LogP contribution in [0.25, 0.3) is 0 Å². The van der Waals surface area contributed by atoms with Crippen LogP contribution in [0.15, 0.2) is 35.5 Å². The monoisotopic (exact) mass is 275 g/mol. The number of aryl methyl sites for hydroxylation is 1. The van der Waals surface area contributed by atoms with Crippen molar-refractivity contribution in [2.45, 2.75) is 18.5 Å². The smallest absolute Gasteiger partial charge is 0.254 e. The summed E-state index contributed by atoms with van der Waals surface area (Å²) >= 11 is 1.48. The summed E-state index contributed by atoms with van der Waals surface area (Å²) in [6.45, 7) is 2.56. The first-order valence-corrected chi connectivity index (χ1v) is 7.24. The molecule has 2 rings (SSSR count). The molecule has 0 spiro atoms. The zero-order chi connectivity index (χ0) is 13.8. The van der Waals surface area contributed by atoms with Crippen LogP contribution in [0.2, 0.25) is 0 Å². The zero-order valence-corrected chi connectivity index (χ0v) is 12.1. The third kappa shape index (κ3) is 2.98. The number of carbonyl (C=O) groups is 1. The fourth-order valence-electron chi connectivity index (χ4n) is 1.84. The van der Waals surface area contributed by atoms with Gasteiger partial charge in [-0.3, -0.25) is 4.79 Å². The molecule has 0 radical (unpaired) electrons. The van der Waals surface area contributed by atoms with Crippen LogP contribution < -0.4 is 5.32 Å². The number of nitrogens with zero attached hydrogens (tertiary/aromatic N) is 2. The van der Waals surface area contributed by atoms with Crippen molar-refractivity contribution in [3.05, 3.63) is 47.4 Å². The maximum atomic E-state index is 12.1. The highest BCUT2D eigenvalue weighted by molar-refractivity contribution is 7.98. The van der Waals surface area contributed by atoms with E-state index in [-0.39, 0.29) is 5.91 Å². The van der Waals surface area contributed by atoms with Gasteiger partial charge in [0, 0.05) is 24.6 Å². The van der Waals surface area contributed by atoms with Gasteiger partial charge in [-0.1, -0.05) is 0 Å². The van der Waals surface area contributed by atoms with Gasteiger partial charge in [-0.05, 0) is 37.4 Å². The van der Waals surface area contributed by atoms with Gasteiger partial charge in [0.1, 0.15) is 5.03 Å². The van der Waals surface area contributed by atoms with Gasteiger partial charge in [0.15, 0.2) is 0 Å². The Morgan fingerprint density at radius 3 is 2.84 bits per heavy atom. The predicted octanol–water partition coefficient (Wildman–Crippen LogP) is 2.38. The molecule has 0 bridgehead atoms. The summed E-state index contributed by atoms with van der Waals surface area (Å²) in [5.41, 5.74) is 2.89. The molecule has 2 aromatic rings. The lowest BCUT2D eigenvalue weighted by Gasteiger charge is -2.09. The van der Waals surface area contributed by atoms with Gasteiger partial charge in [0.2, 0.25) is 0 Å². The Bertz CT molecular complexity index is 592. The first-order valence-electron chi connectivity index (χ1n) is 6.02. The fourth-order valence-corrected chi connectivity index (χ4v) is 2.38. The number of hydrogen-bond acceptors (Lipinski definition) is 3. The molecular weight excluding hydrogens is 258 g/mol. The minimum atomic E-state index is -0.0868. The van der Waals surface area contributed by atoms with Crippen molar-refractivity contribution in [3.8, 4) is 0 Å². The van der Waals surface area contributed by atoms with Gasteiger partial charge < -0.3 is 9.88 Å². The van der Waals surface area contributed by atoms with Crippen LogP contribution in [-0.4, -0.2) is 21.7 Å². The fraction of sp³-hybridized carbons (Fsp3) is 0.286. The van der Waals surface area contributed by atoms with E-state index in [0.717, 1.165) is 10.7 Å². The quantitative estimate of drug-likeness (QED) is 0.871. The van der Waals surface area contributed by atoms with Gasteiger partial charge in [-0.15, -0.1) is 11.8 Å². The highest BCUT2D eigenvalue weighted by atomic mass is 32.2. The number of hydrogen-bond donors (Lipinski definition) is 1. The molecule has 0 saturated heterocycles. The van der Waals surface area contributed by atoms with Gasteiger partial charge in [-0.2, -0.15) is 0 Å². The van der Waals surface area contributed by atoms with Crippen LogP contribution in [0, 0.1) is 6.92 Å². The van der Waals surface area contributed by atoms with Gasteiger partial charge in [0.25, 0.3) is 5.91 Å². The predicted molar refractivity (Wildman–Crippen MR) is 77.3 cm³/mol. The molecule has 0 aromatic carbocycles. The molecule has 2 aromatic heterocycles. The molecule has 0 aliphatic rings. The second-order valence-electron chi connectivity index (χ2n) is 4.27. The molecule has 2 heterocycles. The van der Waals surface area contributed by atoms with Crippen molar-refractivity contribution in [1.82, 2.24) is 14.9 Å². The summed E-state index contributed by atoms with van der Waals surface area (Å²) in [7, 11) is 1.99. The number of thioether (sulfide) groups is 1. The van der Waals surface area contributed by atoms with Crippen LogP contribution in [0.5, 0.6) is 0 Å². The minimum absolute atomic E-state index is 0.0868. The zero-order valence-electron chi connectivity index (χ0n) is 11.3.